The first-order valence-corrected chi connectivity index (χ1v) is 7.74. The molecule has 1 saturated heterocycles. The van der Waals surface area contributed by atoms with Crippen LogP contribution in [0.1, 0.15) is 32.8 Å². The molecular formula is C17H24N2O4. The van der Waals surface area contributed by atoms with E-state index < -0.39 is 23.8 Å². The second-order valence-corrected chi connectivity index (χ2v) is 6.65. The molecule has 2 rings (SSSR count). The topological polar surface area (TPSA) is 81.9 Å². The van der Waals surface area contributed by atoms with Gasteiger partial charge in [0.15, 0.2) is 0 Å². The highest BCUT2D eigenvalue weighted by molar-refractivity contribution is 5.76. The molecule has 126 valence electrons. The molecule has 0 saturated carbocycles. The second-order valence-electron chi connectivity index (χ2n) is 6.65. The fourth-order valence-corrected chi connectivity index (χ4v) is 2.44. The summed E-state index contributed by atoms with van der Waals surface area (Å²) in [5.74, 6) is -0.904. The third kappa shape index (κ3) is 4.69. The van der Waals surface area contributed by atoms with Gasteiger partial charge < -0.3 is 15.2 Å². The lowest BCUT2D eigenvalue weighted by atomic mass is 10.1. The molecule has 2 N–H and O–H groups in total. The Bertz CT molecular complexity index is 553. The number of hydrogen-bond acceptors (Lipinski definition) is 5. The van der Waals surface area contributed by atoms with Gasteiger partial charge in [-0.25, -0.2) is 4.79 Å². The van der Waals surface area contributed by atoms with Gasteiger partial charge >= 0.3 is 12.1 Å². The Morgan fingerprint density at radius 2 is 1.91 bits per heavy atom. The standard InChI is InChI=1S/C17H24N2O4/c1-17(2,3)23-16(21)19-10-9-13(14(19)18)15(20)22-11-12-7-5-4-6-8-12/h4-8,13-14H,9-11,18H2,1-3H3/t13-,14+/m0/s1. The maximum Gasteiger partial charge on any atom is 0.411 e. The smallest absolute Gasteiger partial charge is 0.411 e. The van der Waals surface area contributed by atoms with Gasteiger partial charge in [0, 0.05) is 6.54 Å². The summed E-state index contributed by atoms with van der Waals surface area (Å²) in [6.07, 6.45) is -0.731. The summed E-state index contributed by atoms with van der Waals surface area (Å²) >= 11 is 0. The van der Waals surface area contributed by atoms with Crippen molar-refractivity contribution in [2.45, 2.75) is 45.6 Å². The van der Waals surface area contributed by atoms with E-state index in [2.05, 4.69) is 0 Å². The Morgan fingerprint density at radius 3 is 2.52 bits per heavy atom. The molecule has 1 amide bonds. The molecular weight excluding hydrogens is 296 g/mol. The van der Waals surface area contributed by atoms with E-state index in [9.17, 15) is 9.59 Å². The van der Waals surface area contributed by atoms with Gasteiger partial charge in [-0.15, -0.1) is 0 Å². The van der Waals surface area contributed by atoms with Crippen LogP contribution in [0.2, 0.25) is 0 Å². The minimum atomic E-state index is -0.715. The molecule has 6 nitrogen and oxygen atoms in total. The number of likely N-dealkylation sites (tertiary alicyclic amines) is 1. The van der Waals surface area contributed by atoms with Crippen LogP contribution >= 0.6 is 0 Å². The van der Waals surface area contributed by atoms with Crippen LogP contribution in [0.25, 0.3) is 0 Å². The molecule has 2 atom stereocenters. The van der Waals surface area contributed by atoms with Gasteiger partial charge in [0.05, 0.1) is 12.1 Å². The van der Waals surface area contributed by atoms with Gasteiger partial charge in [0.2, 0.25) is 0 Å². The minimum Gasteiger partial charge on any atom is -0.461 e. The molecule has 1 fully saturated rings. The van der Waals surface area contributed by atoms with Crippen LogP contribution in [0.15, 0.2) is 30.3 Å². The zero-order chi connectivity index (χ0) is 17.0. The van der Waals surface area contributed by atoms with E-state index in [1.807, 2.05) is 30.3 Å². The van der Waals surface area contributed by atoms with Crippen LogP contribution in [0.5, 0.6) is 0 Å². The van der Waals surface area contributed by atoms with E-state index in [-0.39, 0.29) is 12.6 Å². The summed E-state index contributed by atoms with van der Waals surface area (Å²) in [7, 11) is 0. The molecule has 1 aromatic carbocycles. The Kier molecular flexibility index (Phi) is 5.26. The van der Waals surface area contributed by atoms with Gasteiger partial charge in [-0.2, -0.15) is 0 Å². The number of carbonyl (C=O) groups is 2. The number of rotatable bonds is 3. The highest BCUT2D eigenvalue weighted by Crippen LogP contribution is 2.24. The van der Waals surface area contributed by atoms with E-state index in [4.69, 9.17) is 15.2 Å². The average Bonchev–Trinajstić information content (AvgIpc) is 2.86. The largest absolute Gasteiger partial charge is 0.461 e. The van der Waals surface area contributed by atoms with Crippen LogP contribution in [0, 0.1) is 5.92 Å². The van der Waals surface area contributed by atoms with Crippen molar-refractivity contribution in [2.75, 3.05) is 6.54 Å². The summed E-state index contributed by atoms with van der Waals surface area (Å²) in [5, 5.41) is 0. The predicted octanol–water partition coefficient (Wildman–Crippen LogP) is 2.27. The van der Waals surface area contributed by atoms with Crippen molar-refractivity contribution in [3.63, 3.8) is 0 Å². The molecule has 1 heterocycles. The molecule has 0 aliphatic carbocycles. The van der Waals surface area contributed by atoms with Crippen LogP contribution in [-0.2, 0) is 20.9 Å². The summed E-state index contributed by atoms with van der Waals surface area (Å²) in [6, 6.07) is 9.43. The van der Waals surface area contributed by atoms with E-state index >= 15 is 0 Å². The van der Waals surface area contributed by atoms with Gasteiger partial charge in [-0.1, -0.05) is 30.3 Å². The highest BCUT2D eigenvalue weighted by Gasteiger charge is 2.41. The molecule has 0 spiro atoms. The second kappa shape index (κ2) is 7.00. The summed E-state index contributed by atoms with van der Waals surface area (Å²) in [4.78, 5) is 25.7. The maximum absolute atomic E-state index is 12.2. The molecule has 0 radical (unpaired) electrons. The Hall–Kier alpha value is -2.08. The minimum absolute atomic E-state index is 0.204. The summed E-state index contributed by atoms with van der Waals surface area (Å²) in [5.41, 5.74) is 6.36. The van der Waals surface area contributed by atoms with E-state index in [0.717, 1.165) is 5.56 Å². The van der Waals surface area contributed by atoms with Crippen molar-refractivity contribution in [1.82, 2.24) is 4.90 Å². The number of amides is 1. The monoisotopic (exact) mass is 320 g/mol. The number of esters is 1. The Balaban J connectivity index is 1.89. The summed E-state index contributed by atoms with van der Waals surface area (Å²) < 4.78 is 10.6. The SMILES string of the molecule is CC(C)(C)OC(=O)N1CC[C@H](C(=O)OCc2ccccc2)[C@@H]1N. The lowest BCUT2D eigenvalue weighted by Crippen LogP contribution is -2.47. The quantitative estimate of drug-likeness (QED) is 0.864. The molecule has 0 unspecified atom stereocenters. The summed E-state index contributed by atoms with van der Waals surface area (Å²) in [6.45, 7) is 5.96. The zero-order valence-electron chi connectivity index (χ0n) is 13.8. The van der Waals surface area contributed by atoms with Crippen molar-refractivity contribution in [3.05, 3.63) is 35.9 Å². The average molecular weight is 320 g/mol. The first kappa shape index (κ1) is 17.3. The maximum atomic E-state index is 12.2. The molecule has 6 heteroatoms. The molecule has 0 aromatic heterocycles. The van der Waals surface area contributed by atoms with E-state index in [1.165, 1.54) is 4.90 Å². The Labute approximate surface area is 136 Å². The molecule has 1 aromatic rings. The lowest BCUT2D eigenvalue weighted by Gasteiger charge is -2.27. The van der Waals surface area contributed by atoms with Crippen molar-refractivity contribution in [1.29, 1.82) is 0 Å². The predicted molar refractivity (Wildman–Crippen MR) is 85.3 cm³/mol. The number of carbonyl (C=O) groups excluding carboxylic acids is 2. The zero-order valence-corrected chi connectivity index (χ0v) is 13.8. The number of nitrogens with zero attached hydrogens (tertiary/aromatic N) is 1. The van der Waals surface area contributed by atoms with Crippen molar-refractivity contribution in [3.8, 4) is 0 Å². The number of nitrogens with two attached hydrogens (primary N) is 1. The third-order valence-corrected chi connectivity index (χ3v) is 3.61. The molecule has 1 aliphatic heterocycles. The normalized spacial score (nSPS) is 21.1. The lowest BCUT2D eigenvalue weighted by molar-refractivity contribution is -0.150. The van der Waals surface area contributed by atoms with Crippen molar-refractivity contribution >= 4 is 12.1 Å². The van der Waals surface area contributed by atoms with E-state index in [1.54, 1.807) is 20.8 Å². The molecule has 1 aliphatic rings. The van der Waals surface area contributed by atoms with Crippen molar-refractivity contribution < 1.29 is 19.1 Å². The first-order chi connectivity index (χ1) is 10.8. The third-order valence-electron chi connectivity index (χ3n) is 3.61. The number of benzene rings is 1. The molecule has 0 bridgehead atoms. The fraction of sp³-hybridized carbons (Fsp3) is 0.529. The highest BCUT2D eigenvalue weighted by atomic mass is 16.6. The van der Waals surface area contributed by atoms with Gasteiger partial charge in [-0.05, 0) is 32.8 Å². The van der Waals surface area contributed by atoms with Gasteiger partial charge in [0.25, 0.3) is 0 Å². The van der Waals surface area contributed by atoms with Gasteiger partial charge in [0.1, 0.15) is 12.2 Å². The van der Waals surface area contributed by atoms with Crippen LogP contribution in [0.3, 0.4) is 0 Å². The van der Waals surface area contributed by atoms with Crippen LogP contribution in [-0.4, -0.2) is 35.3 Å². The number of hydrogen-bond donors (Lipinski definition) is 1. The van der Waals surface area contributed by atoms with Crippen molar-refractivity contribution in [2.24, 2.45) is 11.7 Å². The first-order valence-electron chi connectivity index (χ1n) is 7.74. The fourth-order valence-electron chi connectivity index (χ4n) is 2.44. The van der Waals surface area contributed by atoms with Crippen LogP contribution < -0.4 is 5.73 Å². The number of ether oxygens (including phenoxy) is 2. The van der Waals surface area contributed by atoms with Gasteiger partial charge in [-0.3, -0.25) is 9.69 Å². The molecule has 23 heavy (non-hydrogen) atoms. The van der Waals surface area contributed by atoms with Crippen LogP contribution in [0.4, 0.5) is 4.79 Å². The van der Waals surface area contributed by atoms with E-state index in [0.29, 0.717) is 13.0 Å². The Morgan fingerprint density at radius 1 is 1.26 bits per heavy atom.